The van der Waals surface area contributed by atoms with Gasteiger partial charge in [-0.3, -0.25) is 10.1 Å². The lowest BCUT2D eigenvalue weighted by Crippen LogP contribution is -2.30. The highest BCUT2D eigenvalue weighted by Gasteiger charge is 2.08. The molecule has 0 atom stereocenters. The van der Waals surface area contributed by atoms with Crippen LogP contribution < -0.4 is 5.32 Å². The van der Waals surface area contributed by atoms with Gasteiger partial charge in [0.25, 0.3) is 5.91 Å². The van der Waals surface area contributed by atoms with Crippen LogP contribution in [0.25, 0.3) is 0 Å². The zero-order valence-corrected chi connectivity index (χ0v) is 8.03. The summed E-state index contributed by atoms with van der Waals surface area (Å²) in [5.41, 5.74) is 1.49. The number of carbonyl (C=O) groups is 2. The highest BCUT2D eigenvalue weighted by molar-refractivity contribution is 6.02. The van der Waals surface area contributed by atoms with Crippen molar-refractivity contribution >= 4 is 12.0 Å². The Bertz CT molecular complexity index is 343. The number of methoxy groups -OCH3 is 1. The standard InChI is InChI=1S/C10H11NO3/c1-7-3-5-8(6-4-7)9(12)11-10(13)14-2/h3-6H,1-2H3,(H,11,12,13). The summed E-state index contributed by atoms with van der Waals surface area (Å²) in [6.07, 6.45) is -0.754. The van der Waals surface area contributed by atoms with E-state index in [9.17, 15) is 9.59 Å². The van der Waals surface area contributed by atoms with Crippen LogP contribution in [-0.4, -0.2) is 19.1 Å². The van der Waals surface area contributed by atoms with Gasteiger partial charge in [-0.25, -0.2) is 4.79 Å². The van der Waals surface area contributed by atoms with Gasteiger partial charge < -0.3 is 4.74 Å². The van der Waals surface area contributed by atoms with Crippen LogP contribution in [0.5, 0.6) is 0 Å². The van der Waals surface area contributed by atoms with Gasteiger partial charge in [0.2, 0.25) is 0 Å². The third-order valence-electron chi connectivity index (χ3n) is 1.71. The maximum atomic E-state index is 11.3. The summed E-state index contributed by atoms with van der Waals surface area (Å²) >= 11 is 0. The van der Waals surface area contributed by atoms with Gasteiger partial charge in [-0.1, -0.05) is 17.7 Å². The second kappa shape index (κ2) is 4.41. The van der Waals surface area contributed by atoms with Crippen molar-refractivity contribution in [2.45, 2.75) is 6.92 Å². The van der Waals surface area contributed by atoms with Crippen LogP contribution in [0.4, 0.5) is 4.79 Å². The number of nitrogens with one attached hydrogen (secondary N) is 1. The number of imide groups is 1. The SMILES string of the molecule is COC(=O)NC(=O)c1ccc(C)cc1. The fourth-order valence-corrected chi connectivity index (χ4v) is 0.921. The van der Waals surface area contributed by atoms with Gasteiger partial charge >= 0.3 is 6.09 Å². The van der Waals surface area contributed by atoms with E-state index in [0.717, 1.165) is 5.56 Å². The Labute approximate surface area is 81.9 Å². The summed E-state index contributed by atoms with van der Waals surface area (Å²) in [4.78, 5) is 22.0. The minimum absolute atomic E-state index is 0.431. The molecule has 4 nitrogen and oxygen atoms in total. The molecule has 1 N–H and O–H groups in total. The van der Waals surface area contributed by atoms with Crippen LogP contribution in [0.1, 0.15) is 15.9 Å². The van der Waals surface area contributed by atoms with Gasteiger partial charge in [0.15, 0.2) is 0 Å². The van der Waals surface area contributed by atoms with E-state index in [1.54, 1.807) is 24.3 Å². The van der Waals surface area contributed by atoms with Crippen molar-refractivity contribution in [3.8, 4) is 0 Å². The molecule has 0 aromatic heterocycles. The molecule has 0 unspecified atom stereocenters. The third kappa shape index (κ3) is 2.58. The zero-order valence-electron chi connectivity index (χ0n) is 8.03. The van der Waals surface area contributed by atoms with Crippen molar-refractivity contribution < 1.29 is 14.3 Å². The van der Waals surface area contributed by atoms with E-state index in [2.05, 4.69) is 10.1 Å². The molecule has 0 fully saturated rings. The molecule has 14 heavy (non-hydrogen) atoms. The Morgan fingerprint density at radius 3 is 2.29 bits per heavy atom. The molecule has 0 saturated heterocycles. The molecule has 0 bridgehead atoms. The molecule has 0 aliphatic rings. The summed E-state index contributed by atoms with van der Waals surface area (Å²) in [6, 6.07) is 6.89. The number of carbonyl (C=O) groups excluding carboxylic acids is 2. The molecule has 0 aliphatic carbocycles. The Kier molecular flexibility index (Phi) is 3.23. The number of rotatable bonds is 1. The van der Waals surface area contributed by atoms with Crippen LogP contribution >= 0.6 is 0 Å². The maximum absolute atomic E-state index is 11.3. The lowest BCUT2D eigenvalue weighted by molar-refractivity contribution is 0.0937. The molecular formula is C10H11NO3. The van der Waals surface area contributed by atoms with E-state index in [1.165, 1.54) is 7.11 Å². The molecule has 0 saturated carbocycles. The van der Waals surface area contributed by atoms with Crippen molar-refractivity contribution in [1.82, 2.24) is 5.32 Å². The van der Waals surface area contributed by atoms with Crippen LogP contribution in [0.3, 0.4) is 0 Å². The number of hydrogen-bond acceptors (Lipinski definition) is 3. The van der Waals surface area contributed by atoms with Gasteiger partial charge in [0, 0.05) is 5.56 Å². The van der Waals surface area contributed by atoms with Gasteiger partial charge in [-0.05, 0) is 19.1 Å². The lowest BCUT2D eigenvalue weighted by Gasteiger charge is -2.02. The first-order valence-corrected chi connectivity index (χ1v) is 4.09. The van der Waals surface area contributed by atoms with Gasteiger partial charge in [-0.15, -0.1) is 0 Å². The van der Waals surface area contributed by atoms with Crippen molar-refractivity contribution in [2.24, 2.45) is 0 Å². The van der Waals surface area contributed by atoms with Gasteiger partial charge in [0.05, 0.1) is 7.11 Å². The normalized spacial score (nSPS) is 9.29. The Hall–Kier alpha value is -1.84. The molecular weight excluding hydrogens is 182 g/mol. The Morgan fingerprint density at radius 2 is 1.79 bits per heavy atom. The van der Waals surface area contributed by atoms with E-state index < -0.39 is 12.0 Å². The van der Waals surface area contributed by atoms with Crippen LogP contribution in [0, 0.1) is 6.92 Å². The monoisotopic (exact) mass is 193 g/mol. The smallest absolute Gasteiger partial charge is 0.413 e. The van der Waals surface area contributed by atoms with Crippen LogP contribution in [-0.2, 0) is 4.74 Å². The topological polar surface area (TPSA) is 55.4 Å². The third-order valence-corrected chi connectivity index (χ3v) is 1.71. The highest BCUT2D eigenvalue weighted by atomic mass is 16.5. The maximum Gasteiger partial charge on any atom is 0.413 e. The number of amides is 2. The van der Waals surface area contributed by atoms with E-state index in [0.29, 0.717) is 5.56 Å². The molecule has 0 radical (unpaired) electrons. The fraction of sp³-hybridized carbons (Fsp3) is 0.200. The number of benzene rings is 1. The second-order valence-corrected chi connectivity index (χ2v) is 2.81. The lowest BCUT2D eigenvalue weighted by atomic mass is 10.1. The Morgan fingerprint density at radius 1 is 1.21 bits per heavy atom. The molecule has 4 heteroatoms. The van der Waals surface area contributed by atoms with Gasteiger partial charge in [-0.2, -0.15) is 0 Å². The van der Waals surface area contributed by atoms with Crippen LogP contribution in [0.2, 0.25) is 0 Å². The highest BCUT2D eigenvalue weighted by Crippen LogP contribution is 2.02. The van der Waals surface area contributed by atoms with E-state index in [1.807, 2.05) is 6.92 Å². The minimum Gasteiger partial charge on any atom is -0.453 e. The number of hydrogen-bond donors (Lipinski definition) is 1. The number of ether oxygens (including phenoxy) is 1. The minimum atomic E-state index is -0.754. The Balaban J connectivity index is 2.70. The quantitative estimate of drug-likeness (QED) is 0.735. The number of aryl methyl sites for hydroxylation is 1. The molecule has 0 aliphatic heterocycles. The summed E-state index contributed by atoms with van der Waals surface area (Å²) in [6.45, 7) is 1.92. The van der Waals surface area contributed by atoms with Crippen LogP contribution in [0.15, 0.2) is 24.3 Å². The second-order valence-electron chi connectivity index (χ2n) is 2.81. The number of alkyl carbamates (subject to hydrolysis) is 1. The molecule has 1 rings (SSSR count). The van der Waals surface area contributed by atoms with E-state index >= 15 is 0 Å². The first-order chi connectivity index (χ1) is 6.63. The van der Waals surface area contributed by atoms with Crippen molar-refractivity contribution in [3.05, 3.63) is 35.4 Å². The van der Waals surface area contributed by atoms with Crippen molar-refractivity contribution in [3.63, 3.8) is 0 Å². The molecule has 0 spiro atoms. The molecule has 1 aromatic rings. The van der Waals surface area contributed by atoms with Gasteiger partial charge in [0.1, 0.15) is 0 Å². The predicted octanol–water partition coefficient (Wildman–Crippen LogP) is 1.49. The summed E-state index contributed by atoms with van der Waals surface area (Å²) in [5.74, 6) is -0.461. The largest absolute Gasteiger partial charge is 0.453 e. The summed E-state index contributed by atoms with van der Waals surface area (Å²) in [5, 5.41) is 2.07. The average Bonchev–Trinajstić information content (AvgIpc) is 2.18. The summed E-state index contributed by atoms with van der Waals surface area (Å²) in [7, 11) is 1.21. The molecule has 74 valence electrons. The van der Waals surface area contributed by atoms with E-state index in [4.69, 9.17) is 0 Å². The van der Waals surface area contributed by atoms with E-state index in [-0.39, 0.29) is 0 Å². The first kappa shape index (κ1) is 10.2. The van der Waals surface area contributed by atoms with Crippen molar-refractivity contribution in [1.29, 1.82) is 0 Å². The molecule has 1 aromatic carbocycles. The summed E-state index contributed by atoms with van der Waals surface area (Å²) < 4.78 is 4.30. The predicted molar refractivity (Wildman–Crippen MR) is 51.1 cm³/mol. The molecule has 2 amide bonds. The fourth-order valence-electron chi connectivity index (χ4n) is 0.921. The van der Waals surface area contributed by atoms with Crippen molar-refractivity contribution in [2.75, 3.05) is 7.11 Å². The zero-order chi connectivity index (χ0) is 10.6. The molecule has 0 heterocycles. The first-order valence-electron chi connectivity index (χ1n) is 4.09. The average molecular weight is 193 g/mol.